The molecule has 0 saturated carbocycles. The molecule has 0 bridgehead atoms. The van der Waals surface area contributed by atoms with Gasteiger partial charge in [-0.25, -0.2) is 0 Å². The average molecular weight is 208 g/mol. The molecule has 0 saturated heterocycles. The first kappa shape index (κ1) is 11.5. The highest BCUT2D eigenvalue weighted by Gasteiger charge is 2.07. The van der Waals surface area contributed by atoms with E-state index in [2.05, 4.69) is 19.2 Å². The third-order valence-electron chi connectivity index (χ3n) is 2.41. The summed E-state index contributed by atoms with van der Waals surface area (Å²) >= 11 is 0. The molecule has 0 aliphatic rings. The zero-order valence-electron chi connectivity index (χ0n) is 9.06. The van der Waals surface area contributed by atoms with Crippen molar-refractivity contribution in [2.45, 2.75) is 32.7 Å². The van der Waals surface area contributed by atoms with Crippen LogP contribution in [0.2, 0.25) is 0 Å². The quantitative estimate of drug-likeness (QED) is 0.597. The largest absolute Gasteiger partial charge is 0.382 e. The van der Waals surface area contributed by atoms with Gasteiger partial charge in [0.2, 0.25) is 0 Å². The van der Waals surface area contributed by atoms with E-state index in [4.69, 9.17) is 0 Å². The molecule has 0 atom stereocenters. The van der Waals surface area contributed by atoms with E-state index in [9.17, 15) is 10.1 Å². The lowest BCUT2D eigenvalue weighted by Gasteiger charge is -2.15. The number of hydrogen-bond acceptors (Lipinski definition) is 3. The molecular weight excluding hydrogens is 192 g/mol. The van der Waals surface area contributed by atoms with Crippen LogP contribution < -0.4 is 5.32 Å². The Labute approximate surface area is 89.5 Å². The van der Waals surface area contributed by atoms with E-state index in [1.165, 1.54) is 6.07 Å². The first-order valence-electron chi connectivity index (χ1n) is 5.18. The second kappa shape index (κ2) is 5.34. The molecule has 1 rings (SSSR count). The number of rotatable bonds is 5. The number of nitro groups is 1. The summed E-state index contributed by atoms with van der Waals surface area (Å²) in [5.41, 5.74) is 0.948. The highest BCUT2D eigenvalue weighted by Crippen LogP contribution is 2.18. The SMILES string of the molecule is CCC(CC)Nc1cccc([N+](=O)[O-])c1. The van der Waals surface area contributed by atoms with Gasteiger partial charge in [-0.05, 0) is 18.9 Å². The van der Waals surface area contributed by atoms with Crippen molar-refractivity contribution in [2.24, 2.45) is 0 Å². The summed E-state index contributed by atoms with van der Waals surface area (Å²) in [4.78, 5) is 10.2. The Balaban J connectivity index is 2.77. The number of nitrogens with zero attached hydrogens (tertiary/aromatic N) is 1. The Morgan fingerprint density at radius 1 is 1.40 bits per heavy atom. The van der Waals surface area contributed by atoms with Crippen molar-refractivity contribution in [2.75, 3.05) is 5.32 Å². The lowest BCUT2D eigenvalue weighted by Crippen LogP contribution is -2.16. The Hall–Kier alpha value is -1.58. The van der Waals surface area contributed by atoms with Gasteiger partial charge in [-0.15, -0.1) is 0 Å². The molecule has 15 heavy (non-hydrogen) atoms. The van der Waals surface area contributed by atoms with Gasteiger partial charge in [0.05, 0.1) is 4.92 Å². The van der Waals surface area contributed by atoms with E-state index >= 15 is 0 Å². The monoisotopic (exact) mass is 208 g/mol. The maximum Gasteiger partial charge on any atom is 0.271 e. The van der Waals surface area contributed by atoms with Gasteiger partial charge in [0.25, 0.3) is 5.69 Å². The maximum absolute atomic E-state index is 10.6. The number of nitro benzene ring substituents is 1. The molecule has 0 aromatic heterocycles. The van der Waals surface area contributed by atoms with Crippen molar-refractivity contribution >= 4 is 11.4 Å². The smallest absolute Gasteiger partial charge is 0.271 e. The number of benzene rings is 1. The normalized spacial score (nSPS) is 10.3. The van der Waals surface area contributed by atoms with Crippen LogP contribution in [0.4, 0.5) is 11.4 Å². The third kappa shape index (κ3) is 3.23. The standard InChI is InChI=1S/C11H16N2O2/c1-3-9(4-2)12-10-6-5-7-11(8-10)13(14)15/h5-9,12H,3-4H2,1-2H3. The van der Waals surface area contributed by atoms with Crippen LogP contribution in [0.1, 0.15) is 26.7 Å². The van der Waals surface area contributed by atoms with Crippen molar-refractivity contribution in [3.63, 3.8) is 0 Å². The van der Waals surface area contributed by atoms with Crippen molar-refractivity contribution in [3.05, 3.63) is 34.4 Å². The van der Waals surface area contributed by atoms with Crippen LogP contribution in [0, 0.1) is 10.1 Å². The van der Waals surface area contributed by atoms with Crippen molar-refractivity contribution < 1.29 is 4.92 Å². The Bertz CT molecular complexity index is 335. The summed E-state index contributed by atoms with van der Waals surface area (Å²) in [5.74, 6) is 0. The van der Waals surface area contributed by atoms with Crippen LogP contribution in [-0.2, 0) is 0 Å². The Morgan fingerprint density at radius 2 is 2.07 bits per heavy atom. The fraction of sp³-hybridized carbons (Fsp3) is 0.455. The van der Waals surface area contributed by atoms with Crippen molar-refractivity contribution in [1.82, 2.24) is 0 Å². The van der Waals surface area contributed by atoms with Crippen LogP contribution in [0.3, 0.4) is 0 Å². The van der Waals surface area contributed by atoms with E-state index in [0.29, 0.717) is 6.04 Å². The fourth-order valence-electron chi connectivity index (χ4n) is 1.44. The fourth-order valence-corrected chi connectivity index (χ4v) is 1.44. The number of hydrogen-bond donors (Lipinski definition) is 1. The van der Waals surface area contributed by atoms with Crippen LogP contribution in [0.15, 0.2) is 24.3 Å². The van der Waals surface area contributed by atoms with E-state index in [-0.39, 0.29) is 10.6 Å². The van der Waals surface area contributed by atoms with Crippen LogP contribution >= 0.6 is 0 Å². The van der Waals surface area contributed by atoms with Gasteiger partial charge in [-0.2, -0.15) is 0 Å². The molecule has 0 amide bonds. The molecule has 0 aliphatic heterocycles. The van der Waals surface area contributed by atoms with Gasteiger partial charge >= 0.3 is 0 Å². The summed E-state index contributed by atoms with van der Waals surface area (Å²) < 4.78 is 0. The minimum atomic E-state index is -0.377. The molecule has 4 heteroatoms. The summed E-state index contributed by atoms with van der Waals surface area (Å²) in [6, 6.07) is 7.00. The topological polar surface area (TPSA) is 55.2 Å². The van der Waals surface area contributed by atoms with Crippen LogP contribution in [-0.4, -0.2) is 11.0 Å². The minimum Gasteiger partial charge on any atom is -0.382 e. The zero-order valence-corrected chi connectivity index (χ0v) is 9.06. The summed E-state index contributed by atoms with van der Waals surface area (Å²) in [7, 11) is 0. The van der Waals surface area contributed by atoms with Gasteiger partial charge in [-0.3, -0.25) is 10.1 Å². The number of non-ortho nitro benzene ring substituents is 1. The van der Waals surface area contributed by atoms with Crippen molar-refractivity contribution in [3.8, 4) is 0 Å². The number of nitrogens with one attached hydrogen (secondary N) is 1. The number of anilines is 1. The van der Waals surface area contributed by atoms with E-state index < -0.39 is 0 Å². The lowest BCUT2D eigenvalue weighted by atomic mass is 10.1. The molecule has 0 unspecified atom stereocenters. The van der Waals surface area contributed by atoms with E-state index in [0.717, 1.165) is 18.5 Å². The van der Waals surface area contributed by atoms with E-state index in [1.807, 2.05) is 6.07 Å². The highest BCUT2D eigenvalue weighted by molar-refractivity contribution is 5.51. The molecular formula is C11H16N2O2. The summed E-state index contributed by atoms with van der Waals surface area (Å²) in [5, 5.41) is 13.8. The van der Waals surface area contributed by atoms with Gasteiger partial charge in [0, 0.05) is 23.9 Å². The lowest BCUT2D eigenvalue weighted by molar-refractivity contribution is -0.384. The summed E-state index contributed by atoms with van der Waals surface area (Å²) in [6.45, 7) is 4.19. The first-order chi connectivity index (χ1) is 7.17. The third-order valence-corrected chi connectivity index (χ3v) is 2.41. The maximum atomic E-state index is 10.6. The zero-order chi connectivity index (χ0) is 11.3. The van der Waals surface area contributed by atoms with Gasteiger partial charge in [0.15, 0.2) is 0 Å². The second-order valence-electron chi connectivity index (χ2n) is 3.47. The molecule has 0 spiro atoms. The van der Waals surface area contributed by atoms with Crippen LogP contribution in [0.5, 0.6) is 0 Å². The summed E-state index contributed by atoms with van der Waals surface area (Å²) in [6.07, 6.45) is 2.03. The minimum absolute atomic E-state index is 0.131. The molecule has 1 N–H and O–H groups in total. The van der Waals surface area contributed by atoms with E-state index in [1.54, 1.807) is 12.1 Å². The van der Waals surface area contributed by atoms with Crippen LogP contribution in [0.25, 0.3) is 0 Å². The molecule has 1 aromatic carbocycles. The molecule has 0 radical (unpaired) electrons. The molecule has 0 aliphatic carbocycles. The molecule has 4 nitrogen and oxygen atoms in total. The van der Waals surface area contributed by atoms with Gasteiger partial charge < -0.3 is 5.32 Å². The first-order valence-corrected chi connectivity index (χ1v) is 5.18. The molecule has 82 valence electrons. The Morgan fingerprint density at radius 3 is 2.60 bits per heavy atom. The predicted octanol–water partition coefficient (Wildman–Crippen LogP) is 3.20. The average Bonchev–Trinajstić information content (AvgIpc) is 2.26. The Kier molecular flexibility index (Phi) is 4.09. The highest BCUT2D eigenvalue weighted by atomic mass is 16.6. The molecule has 1 aromatic rings. The van der Waals surface area contributed by atoms with Crippen molar-refractivity contribution in [1.29, 1.82) is 0 Å². The van der Waals surface area contributed by atoms with Gasteiger partial charge in [0.1, 0.15) is 0 Å². The molecule has 0 heterocycles. The predicted molar refractivity (Wildman–Crippen MR) is 61.1 cm³/mol. The molecule has 0 fully saturated rings. The second-order valence-corrected chi connectivity index (χ2v) is 3.47. The van der Waals surface area contributed by atoms with Gasteiger partial charge in [-0.1, -0.05) is 19.9 Å².